The summed E-state index contributed by atoms with van der Waals surface area (Å²) in [6.07, 6.45) is 0. The number of rotatable bonds is 4. The largest absolute Gasteiger partial charge is 0.395 e. The van der Waals surface area contributed by atoms with Gasteiger partial charge in [0.25, 0.3) is 0 Å². The highest BCUT2D eigenvalue weighted by molar-refractivity contribution is 9.10. The van der Waals surface area contributed by atoms with Gasteiger partial charge in [-0.1, -0.05) is 0 Å². The molecular weight excluding hydrogens is 308 g/mol. The predicted octanol–water partition coefficient (Wildman–Crippen LogP) is 0.998. The van der Waals surface area contributed by atoms with Gasteiger partial charge in [0.15, 0.2) is 0 Å². The summed E-state index contributed by atoms with van der Waals surface area (Å²) >= 11 is 2.76. The lowest BCUT2D eigenvalue weighted by molar-refractivity contribution is 0.301. The molecule has 0 unspecified atom stereocenters. The predicted molar refractivity (Wildman–Crippen MR) is 56.3 cm³/mol. The summed E-state index contributed by atoms with van der Waals surface area (Å²) in [5.74, 6) is -2.08. The van der Waals surface area contributed by atoms with E-state index in [0.717, 1.165) is 6.07 Å². The summed E-state index contributed by atoms with van der Waals surface area (Å²) in [5.41, 5.74) is 0. The van der Waals surface area contributed by atoms with E-state index in [9.17, 15) is 17.2 Å². The first-order valence-corrected chi connectivity index (χ1v) is 6.41. The Hall–Kier alpha value is -0.570. The van der Waals surface area contributed by atoms with Gasteiger partial charge in [0, 0.05) is 17.1 Å². The van der Waals surface area contributed by atoms with E-state index in [1.54, 1.807) is 0 Å². The Morgan fingerprint density at radius 1 is 1.38 bits per heavy atom. The number of nitrogens with one attached hydrogen (secondary N) is 1. The number of hydrogen-bond donors (Lipinski definition) is 2. The maximum atomic E-state index is 13.3. The van der Waals surface area contributed by atoms with Gasteiger partial charge in [0.1, 0.15) is 16.5 Å². The van der Waals surface area contributed by atoms with Crippen LogP contribution in [-0.4, -0.2) is 26.7 Å². The van der Waals surface area contributed by atoms with Gasteiger partial charge in [-0.3, -0.25) is 0 Å². The van der Waals surface area contributed by atoms with Crippen LogP contribution in [0.3, 0.4) is 0 Å². The lowest BCUT2D eigenvalue weighted by Crippen LogP contribution is -2.27. The Balaban J connectivity index is 3.23. The van der Waals surface area contributed by atoms with Crippen LogP contribution >= 0.6 is 15.9 Å². The quantitative estimate of drug-likeness (QED) is 0.871. The van der Waals surface area contributed by atoms with Gasteiger partial charge in [0.2, 0.25) is 10.0 Å². The Bertz CT molecular complexity index is 469. The normalized spacial score (nSPS) is 11.8. The van der Waals surface area contributed by atoms with E-state index < -0.39 is 33.2 Å². The molecule has 0 spiro atoms. The minimum Gasteiger partial charge on any atom is -0.395 e. The van der Waals surface area contributed by atoms with Crippen molar-refractivity contribution in [3.63, 3.8) is 0 Å². The van der Waals surface area contributed by atoms with Crippen molar-refractivity contribution < 1.29 is 22.3 Å². The summed E-state index contributed by atoms with van der Waals surface area (Å²) < 4.78 is 50.8. The number of hydrogen-bond acceptors (Lipinski definition) is 3. The molecule has 0 aliphatic heterocycles. The fourth-order valence-electron chi connectivity index (χ4n) is 1.04. The van der Waals surface area contributed by atoms with Crippen LogP contribution in [0.4, 0.5) is 8.78 Å². The molecule has 0 amide bonds. The highest BCUT2D eigenvalue weighted by Gasteiger charge is 2.22. The van der Waals surface area contributed by atoms with Gasteiger partial charge in [-0.2, -0.15) is 0 Å². The van der Waals surface area contributed by atoms with E-state index in [2.05, 4.69) is 15.9 Å². The second-order valence-corrected chi connectivity index (χ2v) is 5.38. The Morgan fingerprint density at radius 3 is 2.50 bits per heavy atom. The van der Waals surface area contributed by atoms with Crippen LogP contribution in [0.2, 0.25) is 0 Å². The average Bonchev–Trinajstić information content (AvgIpc) is 2.12. The third-order valence-electron chi connectivity index (χ3n) is 1.64. The van der Waals surface area contributed by atoms with E-state index in [1.165, 1.54) is 0 Å². The third-order valence-corrected chi connectivity index (χ3v) is 4.06. The summed E-state index contributed by atoms with van der Waals surface area (Å²) in [4.78, 5) is -0.678. The van der Waals surface area contributed by atoms with Crippen molar-refractivity contribution in [2.45, 2.75) is 4.90 Å². The van der Waals surface area contributed by atoms with Crippen LogP contribution in [0.1, 0.15) is 0 Å². The van der Waals surface area contributed by atoms with Crippen molar-refractivity contribution in [3.8, 4) is 0 Å². The molecule has 2 N–H and O–H groups in total. The molecule has 1 aromatic carbocycles. The van der Waals surface area contributed by atoms with Gasteiger partial charge >= 0.3 is 0 Å². The summed E-state index contributed by atoms with van der Waals surface area (Å²) in [6, 6.07) is 1.31. The molecule has 0 aliphatic rings. The molecule has 0 radical (unpaired) electrons. The molecule has 0 aromatic heterocycles. The Morgan fingerprint density at radius 2 is 2.00 bits per heavy atom. The molecule has 16 heavy (non-hydrogen) atoms. The van der Waals surface area contributed by atoms with Crippen LogP contribution in [-0.2, 0) is 10.0 Å². The van der Waals surface area contributed by atoms with Crippen LogP contribution in [0.25, 0.3) is 0 Å². The first-order valence-electron chi connectivity index (χ1n) is 4.13. The minimum absolute atomic E-state index is 0.213. The smallest absolute Gasteiger partial charge is 0.244 e. The second kappa shape index (κ2) is 5.17. The molecule has 1 rings (SSSR count). The van der Waals surface area contributed by atoms with Crippen molar-refractivity contribution in [2.24, 2.45) is 0 Å². The summed E-state index contributed by atoms with van der Waals surface area (Å²) in [6.45, 7) is -0.661. The summed E-state index contributed by atoms with van der Waals surface area (Å²) in [7, 11) is -4.10. The molecule has 0 saturated heterocycles. The highest BCUT2D eigenvalue weighted by atomic mass is 79.9. The molecule has 8 heteroatoms. The molecule has 0 saturated carbocycles. The highest BCUT2D eigenvalue weighted by Crippen LogP contribution is 2.25. The third kappa shape index (κ3) is 2.97. The van der Waals surface area contributed by atoms with Gasteiger partial charge in [-0.15, -0.1) is 0 Å². The number of aliphatic hydroxyl groups excluding tert-OH is 1. The second-order valence-electron chi connectivity index (χ2n) is 2.82. The zero-order valence-corrected chi connectivity index (χ0v) is 10.3. The number of halogens is 3. The minimum atomic E-state index is -4.10. The van der Waals surface area contributed by atoms with Gasteiger partial charge in [-0.25, -0.2) is 21.9 Å². The fourth-order valence-corrected chi connectivity index (χ4v) is 3.22. The number of sulfonamides is 1. The average molecular weight is 316 g/mol. The Kier molecular flexibility index (Phi) is 4.36. The van der Waals surface area contributed by atoms with E-state index in [-0.39, 0.29) is 11.0 Å². The van der Waals surface area contributed by atoms with Gasteiger partial charge in [-0.05, 0) is 22.0 Å². The van der Waals surface area contributed by atoms with E-state index >= 15 is 0 Å². The molecular formula is C8H8BrF2NO3S. The van der Waals surface area contributed by atoms with Crippen LogP contribution in [0.15, 0.2) is 21.5 Å². The fraction of sp³-hybridized carbons (Fsp3) is 0.250. The first-order chi connectivity index (χ1) is 7.38. The molecule has 0 fully saturated rings. The monoisotopic (exact) mass is 315 g/mol. The maximum absolute atomic E-state index is 13.3. The number of aliphatic hydroxyl groups is 1. The lowest BCUT2D eigenvalue weighted by atomic mass is 10.3. The van der Waals surface area contributed by atoms with Crippen molar-refractivity contribution >= 4 is 26.0 Å². The van der Waals surface area contributed by atoms with Gasteiger partial charge in [0.05, 0.1) is 6.61 Å². The van der Waals surface area contributed by atoms with Crippen molar-refractivity contribution in [1.82, 2.24) is 4.72 Å². The zero-order valence-electron chi connectivity index (χ0n) is 7.87. The first kappa shape index (κ1) is 13.5. The topological polar surface area (TPSA) is 66.4 Å². The SMILES string of the molecule is O=S(=O)(NCCO)c1c(F)cc(F)cc1Br. The van der Waals surface area contributed by atoms with E-state index in [0.29, 0.717) is 6.07 Å². The molecule has 0 atom stereocenters. The molecule has 90 valence electrons. The standard InChI is InChI=1S/C8H8BrF2NO3S/c9-6-3-5(10)4-7(11)8(6)16(14,15)12-1-2-13/h3-4,12-13H,1-2H2. The van der Waals surface area contributed by atoms with E-state index in [4.69, 9.17) is 5.11 Å². The lowest BCUT2D eigenvalue weighted by Gasteiger charge is -2.08. The van der Waals surface area contributed by atoms with Crippen LogP contribution < -0.4 is 4.72 Å². The van der Waals surface area contributed by atoms with Gasteiger partial charge < -0.3 is 5.11 Å². The number of benzene rings is 1. The van der Waals surface area contributed by atoms with Crippen LogP contribution in [0, 0.1) is 11.6 Å². The van der Waals surface area contributed by atoms with Crippen LogP contribution in [0.5, 0.6) is 0 Å². The molecule has 1 aromatic rings. The van der Waals surface area contributed by atoms with Crippen molar-refractivity contribution in [2.75, 3.05) is 13.2 Å². The summed E-state index contributed by atoms with van der Waals surface area (Å²) in [5, 5.41) is 8.47. The van der Waals surface area contributed by atoms with E-state index in [1.807, 2.05) is 4.72 Å². The zero-order chi connectivity index (χ0) is 12.3. The maximum Gasteiger partial charge on any atom is 0.244 e. The van der Waals surface area contributed by atoms with Crippen molar-refractivity contribution in [1.29, 1.82) is 0 Å². The Labute approximate surface area is 99.5 Å². The van der Waals surface area contributed by atoms with Crippen molar-refractivity contribution in [3.05, 3.63) is 28.2 Å². The molecule has 0 bridgehead atoms. The molecule has 4 nitrogen and oxygen atoms in total. The molecule has 0 heterocycles. The molecule has 0 aliphatic carbocycles.